The van der Waals surface area contributed by atoms with Gasteiger partial charge in [0.05, 0.1) is 12.2 Å². The maximum atomic E-state index is 12.1. The van der Waals surface area contributed by atoms with Crippen LogP contribution in [0.25, 0.3) is 22.3 Å². The SMILES string of the molecule is CC(C)COC(=O)c1ccc(-c2ccccc2-c2ccccc2)cc1. The lowest BCUT2D eigenvalue weighted by Gasteiger charge is -2.11. The highest BCUT2D eigenvalue weighted by Crippen LogP contribution is 2.31. The van der Waals surface area contributed by atoms with Gasteiger partial charge in [-0.1, -0.05) is 80.6 Å². The van der Waals surface area contributed by atoms with Crippen molar-refractivity contribution in [3.63, 3.8) is 0 Å². The highest BCUT2D eigenvalue weighted by Gasteiger charge is 2.10. The number of carbonyl (C=O) groups is 1. The Kier molecular flexibility index (Phi) is 5.30. The molecule has 0 fully saturated rings. The third-order valence-corrected chi connectivity index (χ3v) is 3.99. The van der Waals surface area contributed by atoms with E-state index in [1.807, 2.05) is 68.4 Å². The Morgan fingerprint density at radius 2 is 1.28 bits per heavy atom. The molecular formula is C23H22O2. The molecule has 0 aromatic heterocycles. The summed E-state index contributed by atoms with van der Waals surface area (Å²) in [6.07, 6.45) is 0. The molecule has 0 atom stereocenters. The minimum atomic E-state index is -0.267. The van der Waals surface area contributed by atoms with Crippen LogP contribution in [-0.2, 0) is 4.74 Å². The smallest absolute Gasteiger partial charge is 0.338 e. The van der Waals surface area contributed by atoms with Gasteiger partial charge < -0.3 is 4.74 Å². The Bertz CT molecular complexity index is 833. The highest BCUT2D eigenvalue weighted by atomic mass is 16.5. The molecule has 25 heavy (non-hydrogen) atoms. The van der Waals surface area contributed by atoms with Crippen LogP contribution in [0.5, 0.6) is 0 Å². The van der Waals surface area contributed by atoms with Crippen LogP contribution >= 0.6 is 0 Å². The van der Waals surface area contributed by atoms with E-state index in [0.29, 0.717) is 18.1 Å². The fourth-order valence-electron chi connectivity index (χ4n) is 2.72. The van der Waals surface area contributed by atoms with Crippen LogP contribution in [0.2, 0.25) is 0 Å². The van der Waals surface area contributed by atoms with Gasteiger partial charge >= 0.3 is 5.97 Å². The third kappa shape index (κ3) is 4.16. The van der Waals surface area contributed by atoms with Crippen molar-refractivity contribution < 1.29 is 9.53 Å². The molecule has 2 heteroatoms. The van der Waals surface area contributed by atoms with Crippen LogP contribution in [0, 0.1) is 5.92 Å². The molecule has 0 saturated heterocycles. The summed E-state index contributed by atoms with van der Waals surface area (Å²) in [6.45, 7) is 4.49. The van der Waals surface area contributed by atoms with E-state index in [-0.39, 0.29) is 5.97 Å². The average Bonchev–Trinajstić information content (AvgIpc) is 2.67. The van der Waals surface area contributed by atoms with Gasteiger partial charge in [0, 0.05) is 0 Å². The molecule has 3 aromatic rings. The summed E-state index contributed by atoms with van der Waals surface area (Å²) >= 11 is 0. The molecule has 0 amide bonds. The van der Waals surface area contributed by atoms with Crippen LogP contribution in [-0.4, -0.2) is 12.6 Å². The van der Waals surface area contributed by atoms with E-state index in [1.54, 1.807) is 0 Å². The van der Waals surface area contributed by atoms with E-state index < -0.39 is 0 Å². The molecule has 0 aliphatic rings. The highest BCUT2D eigenvalue weighted by molar-refractivity contribution is 5.91. The minimum absolute atomic E-state index is 0.267. The van der Waals surface area contributed by atoms with Gasteiger partial charge in [-0.3, -0.25) is 0 Å². The molecule has 3 aromatic carbocycles. The zero-order valence-corrected chi connectivity index (χ0v) is 14.6. The number of ether oxygens (including phenoxy) is 1. The average molecular weight is 330 g/mol. The quantitative estimate of drug-likeness (QED) is 0.550. The lowest BCUT2D eigenvalue weighted by atomic mass is 9.94. The van der Waals surface area contributed by atoms with Gasteiger partial charge in [-0.2, -0.15) is 0 Å². The number of rotatable bonds is 5. The van der Waals surface area contributed by atoms with Crippen molar-refractivity contribution in [2.75, 3.05) is 6.61 Å². The molecule has 0 N–H and O–H groups in total. The molecular weight excluding hydrogens is 308 g/mol. The van der Waals surface area contributed by atoms with Crippen LogP contribution < -0.4 is 0 Å². The zero-order chi connectivity index (χ0) is 17.6. The molecule has 0 heterocycles. The topological polar surface area (TPSA) is 26.3 Å². The van der Waals surface area contributed by atoms with E-state index in [2.05, 4.69) is 24.3 Å². The Morgan fingerprint density at radius 1 is 0.760 bits per heavy atom. The van der Waals surface area contributed by atoms with Gasteiger partial charge in [0.2, 0.25) is 0 Å². The van der Waals surface area contributed by atoms with Crippen molar-refractivity contribution in [3.8, 4) is 22.3 Å². The van der Waals surface area contributed by atoms with E-state index in [0.717, 1.165) is 11.1 Å². The van der Waals surface area contributed by atoms with Gasteiger partial charge in [-0.15, -0.1) is 0 Å². The van der Waals surface area contributed by atoms with Gasteiger partial charge in [-0.05, 0) is 40.3 Å². The molecule has 0 radical (unpaired) electrons. The van der Waals surface area contributed by atoms with Crippen molar-refractivity contribution in [1.29, 1.82) is 0 Å². The van der Waals surface area contributed by atoms with Gasteiger partial charge in [-0.25, -0.2) is 4.79 Å². The molecule has 0 unspecified atom stereocenters. The van der Waals surface area contributed by atoms with Crippen molar-refractivity contribution >= 4 is 5.97 Å². The maximum absolute atomic E-state index is 12.1. The Hall–Kier alpha value is -2.87. The molecule has 2 nitrogen and oxygen atoms in total. The van der Waals surface area contributed by atoms with E-state index in [4.69, 9.17) is 4.74 Å². The summed E-state index contributed by atoms with van der Waals surface area (Å²) in [5, 5.41) is 0. The summed E-state index contributed by atoms with van der Waals surface area (Å²) in [5.41, 5.74) is 5.18. The third-order valence-electron chi connectivity index (χ3n) is 3.99. The largest absolute Gasteiger partial charge is 0.462 e. The minimum Gasteiger partial charge on any atom is -0.462 e. The van der Waals surface area contributed by atoms with E-state index >= 15 is 0 Å². The van der Waals surface area contributed by atoms with Gasteiger partial charge in [0.25, 0.3) is 0 Å². The number of carbonyl (C=O) groups excluding carboxylic acids is 1. The zero-order valence-electron chi connectivity index (χ0n) is 14.6. The predicted molar refractivity (Wildman–Crippen MR) is 102 cm³/mol. The fourth-order valence-corrected chi connectivity index (χ4v) is 2.72. The van der Waals surface area contributed by atoms with E-state index in [1.165, 1.54) is 11.1 Å². The lowest BCUT2D eigenvalue weighted by Crippen LogP contribution is -2.09. The molecule has 0 aliphatic carbocycles. The second-order valence-electron chi connectivity index (χ2n) is 6.48. The molecule has 0 spiro atoms. The second-order valence-corrected chi connectivity index (χ2v) is 6.48. The standard InChI is InChI=1S/C23H22O2/c1-17(2)16-25-23(24)20-14-12-19(13-15-20)22-11-7-6-10-21(22)18-8-4-3-5-9-18/h3-15,17H,16H2,1-2H3. The van der Waals surface area contributed by atoms with E-state index in [9.17, 15) is 4.79 Å². The molecule has 0 bridgehead atoms. The first-order valence-corrected chi connectivity index (χ1v) is 8.57. The Labute approximate surface area is 149 Å². The van der Waals surface area contributed by atoms with Gasteiger partial charge in [0.1, 0.15) is 0 Å². The summed E-state index contributed by atoms with van der Waals surface area (Å²) in [4.78, 5) is 12.1. The summed E-state index contributed by atoms with van der Waals surface area (Å²) < 4.78 is 5.29. The first-order chi connectivity index (χ1) is 12.1. The van der Waals surface area contributed by atoms with Crippen molar-refractivity contribution in [3.05, 3.63) is 84.4 Å². The first-order valence-electron chi connectivity index (χ1n) is 8.57. The van der Waals surface area contributed by atoms with Crippen LogP contribution in [0.15, 0.2) is 78.9 Å². The second kappa shape index (κ2) is 7.80. The number of hydrogen-bond donors (Lipinski definition) is 0. The normalized spacial score (nSPS) is 10.7. The first kappa shape index (κ1) is 17.0. The summed E-state index contributed by atoms with van der Waals surface area (Å²) in [6, 6.07) is 26.2. The van der Waals surface area contributed by atoms with Crippen molar-refractivity contribution in [2.24, 2.45) is 5.92 Å². The number of benzene rings is 3. The lowest BCUT2D eigenvalue weighted by molar-refractivity contribution is 0.0459. The van der Waals surface area contributed by atoms with Gasteiger partial charge in [0.15, 0.2) is 0 Å². The molecule has 0 aliphatic heterocycles. The summed E-state index contributed by atoms with van der Waals surface area (Å²) in [5.74, 6) is 0.0672. The van der Waals surface area contributed by atoms with Crippen molar-refractivity contribution in [2.45, 2.75) is 13.8 Å². The molecule has 126 valence electrons. The number of esters is 1. The van der Waals surface area contributed by atoms with Crippen LogP contribution in [0.3, 0.4) is 0 Å². The van der Waals surface area contributed by atoms with Crippen molar-refractivity contribution in [1.82, 2.24) is 0 Å². The molecule has 0 saturated carbocycles. The summed E-state index contributed by atoms with van der Waals surface area (Å²) in [7, 11) is 0. The Balaban J connectivity index is 1.88. The predicted octanol–water partition coefficient (Wildman–Crippen LogP) is 5.83. The fraction of sp³-hybridized carbons (Fsp3) is 0.174. The number of hydrogen-bond acceptors (Lipinski definition) is 2. The molecule has 3 rings (SSSR count). The Morgan fingerprint density at radius 3 is 1.84 bits per heavy atom. The van der Waals surface area contributed by atoms with Crippen LogP contribution in [0.1, 0.15) is 24.2 Å². The monoisotopic (exact) mass is 330 g/mol. The van der Waals surface area contributed by atoms with Crippen LogP contribution in [0.4, 0.5) is 0 Å². The maximum Gasteiger partial charge on any atom is 0.338 e.